The fourth-order valence-corrected chi connectivity index (χ4v) is 10.2. The second kappa shape index (κ2) is 18.8. The van der Waals surface area contributed by atoms with Crippen molar-refractivity contribution in [2.24, 2.45) is 11.3 Å². The average Bonchev–Trinajstić information content (AvgIpc) is 3.73. The summed E-state index contributed by atoms with van der Waals surface area (Å²) in [5.41, 5.74) is 5.07. The Morgan fingerprint density at radius 3 is 2.46 bits per heavy atom. The first-order valence-corrected chi connectivity index (χ1v) is 23.7. The molecule has 3 aromatic heterocycles. The maximum absolute atomic E-state index is 13.9. The molecule has 16 heteroatoms. The molecule has 5 aromatic rings. The van der Waals surface area contributed by atoms with E-state index in [0.29, 0.717) is 30.8 Å². The summed E-state index contributed by atoms with van der Waals surface area (Å²) in [7, 11) is -2.86. The van der Waals surface area contributed by atoms with Gasteiger partial charge >= 0.3 is 0 Å². The quantitative estimate of drug-likeness (QED) is 0.0977. The zero-order chi connectivity index (χ0) is 44.4. The van der Waals surface area contributed by atoms with E-state index in [1.165, 1.54) is 22.8 Å². The summed E-state index contributed by atoms with van der Waals surface area (Å²) in [6.45, 7) is 9.35. The lowest BCUT2D eigenvalue weighted by Gasteiger charge is -2.39. The van der Waals surface area contributed by atoms with Gasteiger partial charge < -0.3 is 29.2 Å². The molecule has 1 saturated carbocycles. The first kappa shape index (κ1) is 44.9. The number of allylic oxidation sites excluding steroid dienone is 1. The highest BCUT2D eigenvalue weighted by molar-refractivity contribution is 7.90. The van der Waals surface area contributed by atoms with Crippen LogP contribution < -0.4 is 19.1 Å². The molecule has 2 fully saturated rings. The minimum atomic E-state index is -4.43. The van der Waals surface area contributed by atoms with E-state index in [0.717, 1.165) is 87.1 Å². The fraction of sp³-hybridized carbons (Fsp3) is 0.426. The molecule has 1 saturated heterocycles. The van der Waals surface area contributed by atoms with Gasteiger partial charge in [0, 0.05) is 68.2 Å². The fourth-order valence-electron chi connectivity index (χ4n) is 8.87. The van der Waals surface area contributed by atoms with Gasteiger partial charge in [0.2, 0.25) is 5.88 Å². The van der Waals surface area contributed by atoms with Gasteiger partial charge in [-0.1, -0.05) is 54.8 Å². The Bertz CT molecular complexity index is 2580. The molecular weight excluding hydrogens is 864 g/mol. The van der Waals surface area contributed by atoms with Crippen molar-refractivity contribution in [3.05, 3.63) is 106 Å². The summed E-state index contributed by atoms with van der Waals surface area (Å²) in [6, 6.07) is 18.3. The number of nitrogens with one attached hydrogen (secondary N) is 2. The number of aliphatic hydroxyl groups is 1. The van der Waals surface area contributed by atoms with Crippen LogP contribution in [0.5, 0.6) is 17.4 Å². The average molecular weight is 918 g/mol. The molecule has 1 aliphatic heterocycles. The number of ether oxygens (including phenoxy) is 3. The van der Waals surface area contributed by atoms with Crippen molar-refractivity contribution in [3.63, 3.8) is 0 Å². The van der Waals surface area contributed by atoms with Crippen LogP contribution >= 0.6 is 23.2 Å². The number of piperazine rings is 1. The number of aromatic nitrogens is 3. The number of fused-ring (bicyclic) bond motifs is 1. The summed E-state index contributed by atoms with van der Waals surface area (Å²) in [4.78, 5) is 30.0. The van der Waals surface area contributed by atoms with Crippen LogP contribution in [-0.2, 0) is 14.8 Å². The highest BCUT2D eigenvalue weighted by Gasteiger charge is 2.34. The standard InChI is InChI=1S/C47H54Cl2N6O7S/c1-46(2)14-12-34(40(25-46)32-4-6-35(48)7-5-32)28-54-18-20-55(21-19-54)36-8-9-39(42(23-36)62-37-22-33-13-17-50-43(33)51-26-37)44(56)53-63(58,59)38-24-41(49)45(52-27-38)61-29-31-10-15-47(57,16-11-31)30-60-3/h4-9,13,17,22-24,26-27,31,57H,10-12,14-16,18-21,25,28-30H2,1-3H3,(H,50,51)(H,53,56). The summed E-state index contributed by atoms with van der Waals surface area (Å²) in [5.74, 6) is -0.0861. The van der Waals surface area contributed by atoms with Crippen LogP contribution in [-0.4, -0.2) is 97.9 Å². The lowest BCUT2D eigenvalue weighted by molar-refractivity contribution is -0.0671. The van der Waals surface area contributed by atoms with Crippen molar-refractivity contribution in [2.75, 3.05) is 57.9 Å². The number of nitrogens with zero attached hydrogens (tertiary/aromatic N) is 4. The van der Waals surface area contributed by atoms with E-state index >= 15 is 0 Å². The first-order valence-electron chi connectivity index (χ1n) is 21.4. The van der Waals surface area contributed by atoms with E-state index in [1.807, 2.05) is 24.3 Å². The topological polar surface area (TPSA) is 159 Å². The van der Waals surface area contributed by atoms with Gasteiger partial charge in [0.25, 0.3) is 15.9 Å². The number of carbonyl (C=O) groups excluding carboxylic acids is 1. The minimum absolute atomic E-state index is 0.0143. The van der Waals surface area contributed by atoms with Crippen LogP contribution in [0.3, 0.4) is 0 Å². The van der Waals surface area contributed by atoms with Crippen molar-refractivity contribution < 1.29 is 32.5 Å². The third kappa shape index (κ3) is 10.8. The lowest BCUT2D eigenvalue weighted by Crippen LogP contribution is -2.47. The Labute approximate surface area is 378 Å². The molecule has 0 spiro atoms. The van der Waals surface area contributed by atoms with E-state index in [2.05, 4.69) is 55.5 Å². The van der Waals surface area contributed by atoms with E-state index < -0.39 is 21.5 Å². The third-order valence-corrected chi connectivity index (χ3v) is 14.4. The van der Waals surface area contributed by atoms with E-state index in [9.17, 15) is 18.3 Å². The zero-order valence-electron chi connectivity index (χ0n) is 35.8. The monoisotopic (exact) mass is 916 g/mol. The molecule has 0 radical (unpaired) electrons. The van der Waals surface area contributed by atoms with Gasteiger partial charge in [-0.25, -0.2) is 23.1 Å². The molecule has 1 amide bonds. The summed E-state index contributed by atoms with van der Waals surface area (Å²) in [6.07, 6.45) is 10.3. The van der Waals surface area contributed by atoms with Gasteiger partial charge in [-0.2, -0.15) is 0 Å². The number of anilines is 1. The highest BCUT2D eigenvalue weighted by atomic mass is 35.5. The number of carbonyl (C=O) groups is 1. The maximum Gasteiger partial charge on any atom is 0.268 e. The smallest absolute Gasteiger partial charge is 0.268 e. The van der Waals surface area contributed by atoms with Crippen LogP contribution in [0.1, 0.15) is 74.7 Å². The second-order valence-electron chi connectivity index (χ2n) is 17.9. The number of H-pyrrole nitrogens is 1. The van der Waals surface area contributed by atoms with Gasteiger partial charge in [0.05, 0.1) is 36.8 Å². The van der Waals surface area contributed by atoms with E-state index in [4.69, 9.17) is 37.4 Å². The lowest BCUT2D eigenvalue weighted by atomic mass is 9.72. The third-order valence-electron chi connectivity index (χ3n) is 12.6. The predicted molar refractivity (Wildman–Crippen MR) is 245 cm³/mol. The van der Waals surface area contributed by atoms with Gasteiger partial charge in [0.1, 0.15) is 27.1 Å². The van der Waals surface area contributed by atoms with Crippen LogP contribution in [0, 0.1) is 11.3 Å². The minimum Gasteiger partial charge on any atom is -0.476 e. The number of halogens is 2. The summed E-state index contributed by atoms with van der Waals surface area (Å²) >= 11 is 12.7. The highest BCUT2D eigenvalue weighted by Crippen LogP contribution is 2.44. The molecule has 0 atom stereocenters. The number of sulfonamides is 1. The molecule has 334 valence electrons. The molecule has 3 N–H and O–H groups in total. The van der Waals surface area contributed by atoms with Crippen molar-refractivity contribution in [3.8, 4) is 17.4 Å². The SMILES string of the molecule is COCC1(O)CCC(COc2ncc(S(=O)(=O)NC(=O)c3ccc(N4CCN(CC5=C(c6ccc(Cl)cc6)CC(C)(C)CC5)CC4)cc3Oc3cnc4[nH]ccc4c3)cc2Cl)CC1. The Balaban J connectivity index is 0.960. The van der Waals surface area contributed by atoms with Crippen molar-refractivity contribution in [2.45, 2.75) is 69.3 Å². The van der Waals surface area contributed by atoms with Gasteiger partial charge in [-0.05, 0) is 110 Å². The predicted octanol–water partition coefficient (Wildman–Crippen LogP) is 8.91. The number of methoxy groups -OCH3 is 1. The Hall–Kier alpha value is -4.70. The Morgan fingerprint density at radius 1 is 0.968 bits per heavy atom. The van der Waals surface area contributed by atoms with Gasteiger partial charge in [0.15, 0.2) is 0 Å². The molecule has 63 heavy (non-hydrogen) atoms. The molecule has 0 bridgehead atoms. The van der Waals surface area contributed by atoms with E-state index in [-0.39, 0.29) is 45.1 Å². The number of rotatable bonds is 14. The Kier molecular flexibility index (Phi) is 13.4. The van der Waals surface area contributed by atoms with Crippen molar-refractivity contribution in [1.82, 2.24) is 24.6 Å². The number of pyridine rings is 2. The molecule has 8 rings (SSSR count). The number of aromatic amines is 1. The van der Waals surface area contributed by atoms with Crippen LogP contribution in [0.25, 0.3) is 16.6 Å². The number of amides is 1. The van der Waals surface area contributed by atoms with Crippen LogP contribution in [0.4, 0.5) is 5.69 Å². The molecule has 13 nitrogen and oxygen atoms in total. The van der Waals surface area contributed by atoms with Crippen molar-refractivity contribution in [1.29, 1.82) is 0 Å². The first-order chi connectivity index (χ1) is 30.2. The molecule has 2 aromatic carbocycles. The van der Waals surface area contributed by atoms with Gasteiger partial charge in [-0.15, -0.1) is 0 Å². The van der Waals surface area contributed by atoms with E-state index in [1.54, 1.807) is 37.7 Å². The number of benzene rings is 2. The summed E-state index contributed by atoms with van der Waals surface area (Å²) in [5, 5.41) is 12.2. The largest absolute Gasteiger partial charge is 0.476 e. The zero-order valence-corrected chi connectivity index (χ0v) is 38.2. The summed E-state index contributed by atoms with van der Waals surface area (Å²) < 4.78 is 46.8. The van der Waals surface area contributed by atoms with Crippen LogP contribution in [0.15, 0.2) is 89.7 Å². The maximum atomic E-state index is 13.9. The molecule has 4 heterocycles. The molecule has 2 aliphatic carbocycles. The van der Waals surface area contributed by atoms with Crippen molar-refractivity contribution >= 4 is 61.4 Å². The number of hydrogen-bond donors (Lipinski definition) is 3. The second-order valence-corrected chi connectivity index (χ2v) is 20.4. The normalized spacial score (nSPS) is 20.8. The molecule has 3 aliphatic rings. The molecule has 0 unspecified atom stereocenters. The van der Waals surface area contributed by atoms with Gasteiger partial charge in [-0.3, -0.25) is 9.69 Å². The molecular formula is C47H54Cl2N6O7S. The number of hydrogen-bond acceptors (Lipinski definition) is 11. The Morgan fingerprint density at radius 2 is 1.73 bits per heavy atom. The van der Waals surface area contributed by atoms with Crippen LogP contribution in [0.2, 0.25) is 10.0 Å².